The molecular formula is C18H23N3O2. The van der Waals surface area contributed by atoms with Crippen molar-refractivity contribution in [2.45, 2.75) is 37.9 Å². The third-order valence-corrected chi connectivity index (χ3v) is 5.33. The first-order valence-corrected chi connectivity index (χ1v) is 8.43. The molecule has 1 aromatic carbocycles. The predicted octanol–water partition coefficient (Wildman–Crippen LogP) is 2.81. The molecule has 0 spiro atoms. The number of urea groups is 1. The molecule has 2 fully saturated rings. The van der Waals surface area contributed by atoms with E-state index < -0.39 is 0 Å². The summed E-state index contributed by atoms with van der Waals surface area (Å²) in [6.45, 7) is 2.12. The van der Waals surface area contributed by atoms with Crippen molar-refractivity contribution >= 4 is 17.0 Å². The van der Waals surface area contributed by atoms with Gasteiger partial charge in [0.25, 0.3) is 0 Å². The molecule has 1 aromatic heterocycles. The van der Waals surface area contributed by atoms with Crippen LogP contribution in [0.15, 0.2) is 34.7 Å². The van der Waals surface area contributed by atoms with Gasteiger partial charge in [0.05, 0.1) is 6.54 Å². The number of nitrogens with one attached hydrogen (secondary N) is 1. The number of likely N-dealkylation sites (tertiary alicyclic amines) is 1. The Morgan fingerprint density at radius 2 is 2.09 bits per heavy atom. The largest absolute Gasteiger partial charge is 0.459 e. The lowest BCUT2D eigenvalue weighted by molar-refractivity contribution is 0.187. The average molecular weight is 313 g/mol. The van der Waals surface area contributed by atoms with Crippen molar-refractivity contribution in [3.05, 3.63) is 36.1 Å². The van der Waals surface area contributed by atoms with E-state index in [0.29, 0.717) is 18.6 Å². The highest BCUT2D eigenvalue weighted by atomic mass is 16.3. The zero-order valence-electron chi connectivity index (χ0n) is 13.5. The Kier molecular flexibility index (Phi) is 3.73. The minimum absolute atomic E-state index is 0.0198. The SMILES string of the molecule is CN1C2CCC1CN(C(=O)NCc1cc3ccccc3o1)CC2. The number of hydrogen-bond acceptors (Lipinski definition) is 3. The highest BCUT2D eigenvalue weighted by Gasteiger charge is 2.35. The lowest BCUT2D eigenvalue weighted by Crippen LogP contribution is -2.44. The van der Waals surface area contributed by atoms with Gasteiger partial charge in [-0.2, -0.15) is 0 Å². The zero-order valence-corrected chi connectivity index (χ0v) is 13.5. The first kappa shape index (κ1) is 14.6. The van der Waals surface area contributed by atoms with Crippen LogP contribution in [0, 0.1) is 0 Å². The Hall–Kier alpha value is -2.01. The predicted molar refractivity (Wildman–Crippen MR) is 89.2 cm³/mol. The molecule has 4 rings (SSSR count). The summed E-state index contributed by atoms with van der Waals surface area (Å²) >= 11 is 0. The number of rotatable bonds is 2. The molecule has 1 N–H and O–H groups in total. The molecule has 5 nitrogen and oxygen atoms in total. The van der Waals surface area contributed by atoms with Crippen molar-refractivity contribution in [2.24, 2.45) is 0 Å². The summed E-state index contributed by atoms with van der Waals surface area (Å²) in [5.41, 5.74) is 0.866. The van der Waals surface area contributed by atoms with Gasteiger partial charge in [-0.25, -0.2) is 4.79 Å². The second-order valence-corrected chi connectivity index (χ2v) is 6.69. The van der Waals surface area contributed by atoms with Gasteiger partial charge < -0.3 is 14.6 Å². The summed E-state index contributed by atoms with van der Waals surface area (Å²) in [5, 5.41) is 4.08. The Morgan fingerprint density at radius 1 is 1.26 bits per heavy atom. The Bertz CT molecular complexity index is 678. The number of amides is 2. The summed E-state index contributed by atoms with van der Waals surface area (Å²) in [6.07, 6.45) is 3.55. The highest BCUT2D eigenvalue weighted by Crippen LogP contribution is 2.28. The molecule has 23 heavy (non-hydrogen) atoms. The van der Waals surface area contributed by atoms with Crippen molar-refractivity contribution in [2.75, 3.05) is 20.1 Å². The molecular weight excluding hydrogens is 290 g/mol. The number of hydrogen-bond donors (Lipinski definition) is 1. The topological polar surface area (TPSA) is 48.7 Å². The number of benzene rings is 1. The molecule has 2 bridgehead atoms. The highest BCUT2D eigenvalue weighted by molar-refractivity contribution is 5.78. The maximum Gasteiger partial charge on any atom is 0.317 e. The second kappa shape index (κ2) is 5.89. The fraction of sp³-hybridized carbons (Fsp3) is 0.500. The lowest BCUT2D eigenvalue weighted by atomic mass is 10.1. The summed E-state index contributed by atoms with van der Waals surface area (Å²) in [6, 6.07) is 11.1. The van der Waals surface area contributed by atoms with Crippen molar-refractivity contribution in [3.63, 3.8) is 0 Å². The Labute approximate surface area is 136 Å². The molecule has 0 saturated carbocycles. The molecule has 2 atom stereocenters. The molecule has 3 heterocycles. The molecule has 2 aliphatic heterocycles. The van der Waals surface area contributed by atoms with Gasteiger partial charge in [0.15, 0.2) is 0 Å². The molecule has 0 aliphatic carbocycles. The van der Waals surface area contributed by atoms with Crippen molar-refractivity contribution in [1.29, 1.82) is 0 Å². The van der Waals surface area contributed by atoms with E-state index in [-0.39, 0.29) is 6.03 Å². The fourth-order valence-electron chi connectivity index (χ4n) is 3.89. The number of carbonyl (C=O) groups is 1. The standard InChI is InChI=1S/C18H23N3O2/c1-20-14-6-7-15(20)12-21(9-8-14)18(22)19-11-16-10-13-4-2-3-5-17(13)23-16/h2-5,10,14-15H,6-9,11-12H2,1H3,(H,19,22). The van der Waals surface area contributed by atoms with E-state index in [1.54, 1.807) is 0 Å². The Balaban J connectivity index is 1.38. The summed E-state index contributed by atoms with van der Waals surface area (Å²) in [7, 11) is 2.19. The summed E-state index contributed by atoms with van der Waals surface area (Å²) < 4.78 is 5.76. The van der Waals surface area contributed by atoms with Crippen molar-refractivity contribution in [1.82, 2.24) is 15.1 Å². The quantitative estimate of drug-likeness (QED) is 0.927. The van der Waals surface area contributed by atoms with Crippen LogP contribution >= 0.6 is 0 Å². The first-order valence-electron chi connectivity index (χ1n) is 8.43. The maximum absolute atomic E-state index is 12.5. The van der Waals surface area contributed by atoms with Gasteiger partial charge in [-0.3, -0.25) is 4.90 Å². The van der Waals surface area contributed by atoms with E-state index in [1.165, 1.54) is 12.8 Å². The van der Waals surface area contributed by atoms with Gasteiger partial charge >= 0.3 is 6.03 Å². The number of fused-ring (bicyclic) bond motifs is 3. The van der Waals surface area contributed by atoms with Crippen LogP contribution in [0.25, 0.3) is 11.0 Å². The number of nitrogens with zero attached hydrogens (tertiary/aromatic N) is 2. The van der Waals surface area contributed by atoms with Crippen LogP contribution in [0.1, 0.15) is 25.0 Å². The van der Waals surface area contributed by atoms with E-state index in [4.69, 9.17) is 4.42 Å². The molecule has 122 valence electrons. The third kappa shape index (κ3) is 2.81. The summed E-state index contributed by atoms with van der Waals surface area (Å²) in [5.74, 6) is 0.799. The van der Waals surface area contributed by atoms with E-state index >= 15 is 0 Å². The van der Waals surface area contributed by atoms with Crippen LogP contribution in [-0.2, 0) is 6.54 Å². The van der Waals surface area contributed by atoms with E-state index in [1.807, 2.05) is 35.2 Å². The van der Waals surface area contributed by atoms with Gasteiger partial charge in [-0.05, 0) is 38.4 Å². The fourth-order valence-corrected chi connectivity index (χ4v) is 3.89. The van der Waals surface area contributed by atoms with Gasteiger partial charge in [-0.1, -0.05) is 18.2 Å². The molecule has 2 aromatic rings. The smallest absolute Gasteiger partial charge is 0.317 e. The average Bonchev–Trinajstić information content (AvgIpc) is 3.05. The van der Waals surface area contributed by atoms with Gasteiger partial charge in [-0.15, -0.1) is 0 Å². The van der Waals surface area contributed by atoms with Gasteiger partial charge in [0, 0.05) is 30.6 Å². The molecule has 2 saturated heterocycles. The molecule has 2 aliphatic rings. The van der Waals surface area contributed by atoms with Crippen molar-refractivity contribution in [3.8, 4) is 0 Å². The number of likely N-dealkylation sites (N-methyl/N-ethyl adjacent to an activating group) is 1. The van der Waals surface area contributed by atoms with E-state index in [9.17, 15) is 4.79 Å². The molecule has 0 radical (unpaired) electrons. The number of para-hydroxylation sites is 1. The van der Waals surface area contributed by atoms with E-state index in [2.05, 4.69) is 17.3 Å². The van der Waals surface area contributed by atoms with Gasteiger partial charge in [0.2, 0.25) is 0 Å². The van der Waals surface area contributed by atoms with Crippen LogP contribution in [0.4, 0.5) is 4.79 Å². The van der Waals surface area contributed by atoms with Crippen LogP contribution in [0.5, 0.6) is 0 Å². The molecule has 2 unspecified atom stereocenters. The minimum Gasteiger partial charge on any atom is -0.459 e. The monoisotopic (exact) mass is 313 g/mol. The molecule has 5 heteroatoms. The minimum atomic E-state index is 0.0198. The Morgan fingerprint density at radius 3 is 2.96 bits per heavy atom. The van der Waals surface area contributed by atoms with Gasteiger partial charge in [0.1, 0.15) is 11.3 Å². The second-order valence-electron chi connectivity index (χ2n) is 6.69. The lowest BCUT2D eigenvalue weighted by Gasteiger charge is -2.25. The number of carbonyl (C=O) groups excluding carboxylic acids is 1. The maximum atomic E-state index is 12.5. The van der Waals surface area contributed by atoms with Crippen molar-refractivity contribution < 1.29 is 9.21 Å². The number of furan rings is 1. The molecule has 2 amide bonds. The van der Waals surface area contributed by atoms with Crippen LogP contribution < -0.4 is 5.32 Å². The van der Waals surface area contributed by atoms with Crippen LogP contribution in [-0.4, -0.2) is 48.1 Å². The van der Waals surface area contributed by atoms with E-state index in [0.717, 1.165) is 36.2 Å². The van der Waals surface area contributed by atoms with Crippen LogP contribution in [0.3, 0.4) is 0 Å². The first-order chi connectivity index (χ1) is 11.2. The zero-order chi connectivity index (χ0) is 15.8. The summed E-state index contributed by atoms with van der Waals surface area (Å²) in [4.78, 5) is 16.9. The third-order valence-electron chi connectivity index (χ3n) is 5.33. The van der Waals surface area contributed by atoms with Crippen LogP contribution in [0.2, 0.25) is 0 Å². The normalized spacial score (nSPS) is 24.8.